The maximum absolute atomic E-state index is 9.21. The fourth-order valence-corrected chi connectivity index (χ4v) is 2.15. The normalized spacial score (nSPS) is 10.3. The van der Waals surface area contributed by atoms with E-state index in [1.807, 2.05) is 42.5 Å². The molecule has 0 unspecified atom stereocenters. The van der Waals surface area contributed by atoms with Gasteiger partial charge in [0.05, 0.1) is 6.61 Å². The average Bonchev–Trinajstić information content (AvgIpc) is 2.38. The first kappa shape index (κ1) is 12.9. The third-order valence-corrected chi connectivity index (χ3v) is 3.41. The Balaban J connectivity index is 2.16. The summed E-state index contributed by atoms with van der Waals surface area (Å²) in [6.45, 7) is 0.325. The van der Waals surface area contributed by atoms with Crippen LogP contribution in [0.15, 0.2) is 46.9 Å². The number of halogens is 1. The van der Waals surface area contributed by atoms with Crippen LogP contribution in [0.3, 0.4) is 0 Å². The first-order valence-electron chi connectivity index (χ1n) is 5.57. The Morgan fingerprint density at radius 2 is 1.89 bits per heavy atom. The van der Waals surface area contributed by atoms with Crippen molar-refractivity contribution in [2.75, 3.05) is 5.73 Å². The Bertz CT molecular complexity index is 523. The largest absolute Gasteiger partial charge is 0.488 e. The van der Waals surface area contributed by atoms with Gasteiger partial charge in [0, 0.05) is 21.3 Å². The number of aliphatic hydroxyl groups is 1. The molecule has 2 aromatic rings. The quantitative estimate of drug-likeness (QED) is 0.853. The van der Waals surface area contributed by atoms with Crippen molar-refractivity contribution in [3.8, 4) is 5.75 Å². The molecule has 0 aromatic heterocycles. The summed E-state index contributed by atoms with van der Waals surface area (Å²) in [6.07, 6.45) is 0. The van der Waals surface area contributed by atoms with Gasteiger partial charge in [-0.1, -0.05) is 40.2 Å². The maximum Gasteiger partial charge on any atom is 0.125 e. The molecular formula is C14H14BrNO2. The first-order chi connectivity index (χ1) is 8.72. The van der Waals surface area contributed by atoms with Crippen molar-refractivity contribution in [2.24, 2.45) is 0 Å². The van der Waals surface area contributed by atoms with Gasteiger partial charge >= 0.3 is 0 Å². The Morgan fingerprint density at radius 3 is 2.61 bits per heavy atom. The van der Waals surface area contributed by atoms with Crippen molar-refractivity contribution < 1.29 is 9.84 Å². The summed E-state index contributed by atoms with van der Waals surface area (Å²) in [5.41, 5.74) is 8.26. The molecule has 2 aromatic carbocycles. The van der Waals surface area contributed by atoms with Crippen molar-refractivity contribution in [1.29, 1.82) is 0 Å². The number of aliphatic hydroxyl groups excluding tert-OH is 1. The molecule has 0 aliphatic heterocycles. The molecule has 0 radical (unpaired) electrons. The Hall–Kier alpha value is -1.52. The number of hydrogen-bond donors (Lipinski definition) is 2. The summed E-state index contributed by atoms with van der Waals surface area (Å²) in [6, 6.07) is 13.0. The third-order valence-electron chi connectivity index (χ3n) is 2.67. The smallest absolute Gasteiger partial charge is 0.125 e. The second-order valence-corrected chi connectivity index (χ2v) is 4.72. The van der Waals surface area contributed by atoms with Gasteiger partial charge in [-0.2, -0.15) is 0 Å². The van der Waals surface area contributed by atoms with E-state index in [1.54, 1.807) is 0 Å². The van der Waals surface area contributed by atoms with Gasteiger partial charge in [-0.25, -0.2) is 0 Å². The van der Waals surface area contributed by atoms with Crippen molar-refractivity contribution in [1.82, 2.24) is 0 Å². The van der Waals surface area contributed by atoms with E-state index in [9.17, 15) is 5.11 Å². The summed E-state index contributed by atoms with van der Waals surface area (Å²) >= 11 is 3.45. The molecule has 0 aliphatic rings. The zero-order valence-electron chi connectivity index (χ0n) is 9.77. The van der Waals surface area contributed by atoms with Crippen molar-refractivity contribution in [2.45, 2.75) is 13.2 Å². The van der Waals surface area contributed by atoms with Gasteiger partial charge in [0.25, 0.3) is 0 Å². The van der Waals surface area contributed by atoms with Crippen LogP contribution in [0.5, 0.6) is 5.75 Å². The number of anilines is 1. The molecule has 3 nitrogen and oxygen atoms in total. The topological polar surface area (TPSA) is 55.5 Å². The fourth-order valence-electron chi connectivity index (χ4n) is 1.65. The lowest BCUT2D eigenvalue weighted by Crippen LogP contribution is -2.02. The minimum absolute atomic E-state index is 0.0401. The maximum atomic E-state index is 9.21. The van der Waals surface area contributed by atoms with Gasteiger partial charge in [0.15, 0.2) is 0 Å². The molecule has 0 aliphatic carbocycles. The first-order valence-corrected chi connectivity index (χ1v) is 6.36. The van der Waals surface area contributed by atoms with Gasteiger partial charge in [0.1, 0.15) is 12.4 Å². The fraction of sp³-hybridized carbons (Fsp3) is 0.143. The molecule has 94 valence electrons. The summed E-state index contributed by atoms with van der Waals surface area (Å²) in [7, 11) is 0. The van der Waals surface area contributed by atoms with E-state index in [4.69, 9.17) is 10.5 Å². The zero-order chi connectivity index (χ0) is 13.0. The summed E-state index contributed by atoms with van der Waals surface area (Å²) in [4.78, 5) is 0. The number of nitrogens with two attached hydrogens (primary N) is 1. The van der Waals surface area contributed by atoms with Crippen LogP contribution in [0.4, 0.5) is 5.69 Å². The van der Waals surface area contributed by atoms with Crippen molar-refractivity contribution in [3.63, 3.8) is 0 Å². The van der Waals surface area contributed by atoms with Crippen molar-refractivity contribution >= 4 is 21.6 Å². The second-order valence-electron chi connectivity index (χ2n) is 3.86. The lowest BCUT2D eigenvalue weighted by Gasteiger charge is -2.12. The number of para-hydroxylation sites is 1. The second kappa shape index (κ2) is 5.89. The van der Waals surface area contributed by atoms with E-state index in [1.165, 1.54) is 0 Å². The van der Waals surface area contributed by atoms with Gasteiger partial charge in [-0.3, -0.25) is 0 Å². The van der Waals surface area contributed by atoms with Crippen LogP contribution in [-0.4, -0.2) is 5.11 Å². The zero-order valence-corrected chi connectivity index (χ0v) is 11.4. The van der Waals surface area contributed by atoms with Crippen LogP contribution in [0.25, 0.3) is 0 Å². The van der Waals surface area contributed by atoms with E-state index in [-0.39, 0.29) is 6.61 Å². The SMILES string of the molecule is Nc1cccc(Br)c1COc1ccccc1CO. The van der Waals surface area contributed by atoms with Crippen LogP contribution >= 0.6 is 15.9 Å². The molecule has 18 heavy (non-hydrogen) atoms. The van der Waals surface area contributed by atoms with E-state index in [2.05, 4.69) is 15.9 Å². The number of nitrogen functional groups attached to an aromatic ring is 1. The molecule has 3 N–H and O–H groups in total. The summed E-state index contributed by atoms with van der Waals surface area (Å²) in [5.74, 6) is 0.676. The third kappa shape index (κ3) is 2.83. The molecule has 2 rings (SSSR count). The van der Waals surface area contributed by atoms with Crippen LogP contribution in [-0.2, 0) is 13.2 Å². The highest BCUT2D eigenvalue weighted by molar-refractivity contribution is 9.10. The van der Waals surface area contributed by atoms with E-state index < -0.39 is 0 Å². The van der Waals surface area contributed by atoms with Gasteiger partial charge in [-0.15, -0.1) is 0 Å². The minimum Gasteiger partial charge on any atom is -0.488 e. The van der Waals surface area contributed by atoms with Gasteiger partial charge in [-0.05, 0) is 18.2 Å². The Kier molecular flexibility index (Phi) is 4.23. The highest BCUT2D eigenvalue weighted by atomic mass is 79.9. The molecule has 0 amide bonds. The number of benzene rings is 2. The predicted octanol–water partition coefficient (Wildman–Crippen LogP) is 3.10. The molecule has 0 saturated heterocycles. The van der Waals surface area contributed by atoms with Gasteiger partial charge < -0.3 is 15.6 Å². The van der Waals surface area contributed by atoms with Crippen LogP contribution in [0.2, 0.25) is 0 Å². The summed E-state index contributed by atoms with van der Waals surface area (Å²) < 4.78 is 6.63. The van der Waals surface area contributed by atoms with Crippen LogP contribution < -0.4 is 10.5 Å². The molecule has 0 atom stereocenters. The predicted molar refractivity (Wildman–Crippen MR) is 75.3 cm³/mol. The molecule has 4 heteroatoms. The van der Waals surface area contributed by atoms with E-state index in [0.29, 0.717) is 18.0 Å². The van der Waals surface area contributed by atoms with E-state index in [0.717, 1.165) is 15.6 Å². The molecular weight excluding hydrogens is 294 g/mol. The van der Waals surface area contributed by atoms with Crippen molar-refractivity contribution in [3.05, 3.63) is 58.1 Å². The van der Waals surface area contributed by atoms with Crippen LogP contribution in [0.1, 0.15) is 11.1 Å². The van der Waals surface area contributed by atoms with E-state index >= 15 is 0 Å². The highest BCUT2D eigenvalue weighted by Crippen LogP contribution is 2.25. The molecule has 0 bridgehead atoms. The summed E-state index contributed by atoms with van der Waals surface area (Å²) in [5, 5.41) is 9.21. The lowest BCUT2D eigenvalue weighted by molar-refractivity contribution is 0.259. The molecule has 0 spiro atoms. The highest BCUT2D eigenvalue weighted by Gasteiger charge is 2.07. The molecule has 0 heterocycles. The van der Waals surface area contributed by atoms with Crippen LogP contribution in [0, 0.1) is 0 Å². The number of ether oxygens (including phenoxy) is 1. The minimum atomic E-state index is -0.0401. The molecule has 0 fully saturated rings. The number of rotatable bonds is 4. The lowest BCUT2D eigenvalue weighted by atomic mass is 10.2. The Morgan fingerprint density at radius 1 is 1.11 bits per heavy atom. The molecule has 0 saturated carbocycles. The Labute approximate surface area is 114 Å². The van der Waals surface area contributed by atoms with Gasteiger partial charge in [0.2, 0.25) is 0 Å². The average molecular weight is 308 g/mol. The number of hydrogen-bond acceptors (Lipinski definition) is 3. The monoisotopic (exact) mass is 307 g/mol. The standard InChI is InChI=1S/C14H14BrNO2/c15-12-5-3-6-13(16)11(12)9-18-14-7-2-1-4-10(14)8-17/h1-7,17H,8-9,16H2.